The molecule has 1 amide bonds. The van der Waals surface area contributed by atoms with Gasteiger partial charge in [0.2, 0.25) is 0 Å². The molecule has 1 heterocycles. The molecule has 1 aromatic heterocycles. The second kappa shape index (κ2) is 7.75. The van der Waals surface area contributed by atoms with Crippen molar-refractivity contribution in [1.82, 2.24) is 10.3 Å². The first kappa shape index (κ1) is 16.2. The number of hydrogen-bond donors (Lipinski definition) is 2. The van der Waals surface area contributed by atoms with Crippen molar-refractivity contribution >= 4 is 28.1 Å². The van der Waals surface area contributed by atoms with Crippen molar-refractivity contribution < 1.29 is 4.79 Å². The third kappa shape index (κ3) is 4.43. The molecule has 0 bridgehead atoms. The molecule has 0 aliphatic carbocycles. The predicted octanol–water partition coefficient (Wildman–Crippen LogP) is 4.17. The summed E-state index contributed by atoms with van der Waals surface area (Å²) in [5.41, 5.74) is 3.80. The summed E-state index contributed by atoms with van der Waals surface area (Å²) in [6, 6.07) is 18.1. The molecule has 2 aromatic carbocycles. The van der Waals surface area contributed by atoms with E-state index in [9.17, 15) is 4.79 Å². The van der Waals surface area contributed by atoms with Gasteiger partial charge in [0.15, 0.2) is 5.13 Å². The Morgan fingerprint density at radius 1 is 1.12 bits per heavy atom. The van der Waals surface area contributed by atoms with Gasteiger partial charge in [0.05, 0.1) is 0 Å². The molecule has 0 aliphatic rings. The molecule has 24 heavy (non-hydrogen) atoms. The van der Waals surface area contributed by atoms with E-state index < -0.39 is 0 Å². The maximum Gasteiger partial charge on any atom is 0.270 e. The lowest BCUT2D eigenvalue weighted by Gasteiger charge is -2.04. The molecule has 0 atom stereocenters. The quantitative estimate of drug-likeness (QED) is 0.710. The first-order chi connectivity index (χ1) is 11.7. The average Bonchev–Trinajstić information content (AvgIpc) is 3.04. The average molecular weight is 337 g/mol. The lowest BCUT2D eigenvalue weighted by molar-refractivity contribution is 0.0950. The lowest BCUT2D eigenvalue weighted by Crippen LogP contribution is -2.25. The van der Waals surface area contributed by atoms with Gasteiger partial charge in [0.25, 0.3) is 5.91 Å². The van der Waals surface area contributed by atoms with Crippen LogP contribution in [0.2, 0.25) is 0 Å². The van der Waals surface area contributed by atoms with Crippen LogP contribution in [0, 0.1) is 6.92 Å². The number of anilines is 2. The van der Waals surface area contributed by atoms with Crippen LogP contribution in [0.15, 0.2) is 60.0 Å². The van der Waals surface area contributed by atoms with Crippen LogP contribution in [0.25, 0.3) is 0 Å². The number of nitrogens with one attached hydrogen (secondary N) is 2. The molecular formula is C19H19N3OS. The van der Waals surface area contributed by atoms with Gasteiger partial charge in [0, 0.05) is 17.6 Å². The normalized spacial score (nSPS) is 10.4. The summed E-state index contributed by atoms with van der Waals surface area (Å²) in [7, 11) is 0. The van der Waals surface area contributed by atoms with Gasteiger partial charge in [-0.05, 0) is 36.6 Å². The number of thiazole rings is 1. The van der Waals surface area contributed by atoms with E-state index in [2.05, 4.69) is 27.8 Å². The van der Waals surface area contributed by atoms with Gasteiger partial charge in [-0.2, -0.15) is 0 Å². The SMILES string of the molecule is Cc1cccc(Nc2nc(C(=O)NCCc3ccccc3)cs2)c1. The summed E-state index contributed by atoms with van der Waals surface area (Å²) in [5, 5.41) is 8.63. The van der Waals surface area contributed by atoms with Crippen LogP contribution in [0.5, 0.6) is 0 Å². The van der Waals surface area contributed by atoms with E-state index >= 15 is 0 Å². The van der Waals surface area contributed by atoms with E-state index in [0.29, 0.717) is 17.4 Å². The molecule has 0 fully saturated rings. The highest BCUT2D eigenvalue weighted by molar-refractivity contribution is 7.14. The molecule has 0 spiro atoms. The number of hydrogen-bond acceptors (Lipinski definition) is 4. The van der Waals surface area contributed by atoms with Gasteiger partial charge in [-0.15, -0.1) is 11.3 Å². The Kier molecular flexibility index (Phi) is 5.23. The summed E-state index contributed by atoms with van der Waals surface area (Å²) in [5.74, 6) is -0.139. The van der Waals surface area contributed by atoms with Gasteiger partial charge in [-0.1, -0.05) is 42.5 Å². The van der Waals surface area contributed by atoms with Crippen LogP contribution in [-0.4, -0.2) is 17.4 Å². The summed E-state index contributed by atoms with van der Waals surface area (Å²) in [4.78, 5) is 16.5. The fourth-order valence-electron chi connectivity index (χ4n) is 2.34. The van der Waals surface area contributed by atoms with Crippen LogP contribution in [0.4, 0.5) is 10.8 Å². The van der Waals surface area contributed by atoms with E-state index in [0.717, 1.165) is 12.1 Å². The van der Waals surface area contributed by atoms with Gasteiger partial charge in [-0.3, -0.25) is 4.79 Å². The zero-order chi connectivity index (χ0) is 16.8. The molecule has 4 nitrogen and oxygen atoms in total. The number of rotatable bonds is 6. The highest BCUT2D eigenvalue weighted by atomic mass is 32.1. The largest absolute Gasteiger partial charge is 0.350 e. The Hall–Kier alpha value is -2.66. The Balaban J connectivity index is 1.53. The van der Waals surface area contributed by atoms with Crippen LogP contribution in [-0.2, 0) is 6.42 Å². The number of benzene rings is 2. The predicted molar refractivity (Wildman–Crippen MR) is 99.1 cm³/mol. The smallest absolute Gasteiger partial charge is 0.270 e. The summed E-state index contributed by atoms with van der Waals surface area (Å²) < 4.78 is 0. The molecule has 3 rings (SSSR count). The van der Waals surface area contributed by atoms with Crippen molar-refractivity contribution in [2.45, 2.75) is 13.3 Å². The standard InChI is InChI=1S/C19H19N3OS/c1-14-6-5-9-16(12-14)21-19-22-17(13-24-19)18(23)20-11-10-15-7-3-2-4-8-15/h2-9,12-13H,10-11H2,1H3,(H,20,23)(H,21,22). The fourth-order valence-corrected chi connectivity index (χ4v) is 3.05. The van der Waals surface area contributed by atoms with Crippen LogP contribution in [0.3, 0.4) is 0 Å². The molecule has 5 heteroatoms. The first-order valence-corrected chi connectivity index (χ1v) is 8.70. The maximum atomic E-state index is 12.2. The molecule has 0 saturated carbocycles. The molecule has 0 unspecified atom stereocenters. The van der Waals surface area contributed by atoms with Crippen molar-refractivity contribution in [2.24, 2.45) is 0 Å². The summed E-state index contributed by atoms with van der Waals surface area (Å²) in [6.07, 6.45) is 0.811. The van der Waals surface area contributed by atoms with E-state index in [-0.39, 0.29) is 5.91 Å². The number of nitrogens with zero attached hydrogens (tertiary/aromatic N) is 1. The van der Waals surface area contributed by atoms with E-state index in [1.165, 1.54) is 22.5 Å². The van der Waals surface area contributed by atoms with E-state index in [4.69, 9.17) is 0 Å². The third-order valence-electron chi connectivity index (χ3n) is 3.55. The summed E-state index contributed by atoms with van der Waals surface area (Å²) in [6.45, 7) is 2.64. The van der Waals surface area contributed by atoms with E-state index in [1.807, 2.05) is 49.4 Å². The molecule has 0 saturated heterocycles. The van der Waals surface area contributed by atoms with Crippen molar-refractivity contribution in [3.05, 3.63) is 76.8 Å². The van der Waals surface area contributed by atoms with Crippen LogP contribution in [0.1, 0.15) is 21.6 Å². The Bertz CT molecular complexity index is 814. The minimum absolute atomic E-state index is 0.139. The lowest BCUT2D eigenvalue weighted by atomic mass is 10.1. The number of amides is 1. The second-order valence-corrected chi connectivity index (χ2v) is 6.38. The maximum absolute atomic E-state index is 12.2. The van der Waals surface area contributed by atoms with Crippen molar-refractivity contribution in [1.29, 1.82) is 0 Å². The highest BCUT2D eigenvalue weighted by Gasteiger charge is 2.10. The molecule has 3 aromatic rings. The van der Waals surface area contributed by atoms with Crippen molar-refractivity contribution in [3.8, 4) is 0 Å². The summed E-state index contributed by atoms with van der Waals surface area (Å²) >= 11 is 1.43. The zero-order valence-electron chi connectivity index (χ0n) is 13.5. The van der Waals surface area contributed by atoms with Crippen molar-refractivity contribution in [3.63, 3.8) is 0 Å². The zero-order valence-corrected chi connectivity index (χ0v) is 14.3. The van der Waals surface area contributed by atoms with Crippen molar-refractivity contribution in [2.75, 3.05) is 11.9 Å². The minimum Gasteiger partial charge on any atom is -0.350 e. The monoisotopic (exact) mass is 337 g/mol. The fraction of sp³-hybridized carbons (Fsp3) is 0.158. The highest BCUT2D eigenvalue weighted by Crippen LogP contribution is 2.21. The first-order valence-electron chi connectivity index (χ1n) is 7.82. The Morgan fingerprint density at radius 3 is 2.75 bits per heavy atom. The van der Waals surface area contributed by atoms with Gasteiger partial charge >= 0.3 is 0 Å². The molecule has 122 valence electrons. The Morgan fingerprint density at radius 2 is 1.96 bits per heavy atom. The number of carbonyl (C=O) groups excluding carboxylic acids is 1. The Labute approximate surface area is 145 Å². The molecule has 0 aliphatic heterocycles. The van der Waals surface area contributed by atoms with E-state index in [1.54, 1.807) is 5.38 Å². The van der Waals surface area contributed by atoms with Gasteiger partial charge in [0.1, 0.15) is 5.69 Å². The minimum atomic E-state index is -0.139. The molecular weight excluding hydrogens is 318 g/mol. The topological polar surface area (TPSA) is 54.0 Å². The van der Waals surface area contributed by atoms with Gasteiger partial charge < -0.3 is 10.6 Å². The van der Waals surface area contributed by atoms with Gasteiger partial charge in [-0.25, -0.2) is 4.98 Å². The molecule has 2 N–H and O–H groups in total. The van der Waals surface area contributed by atoms with Crippen LogP contribution >= 0.6 is 11.3 Å². The molecule has 0 radical (unpaired) electrons. The van der Waals surface area contributed by atoms with Crippen LogP contribution < -0.4 is 10.6 Å². The number of aryl methyl sites for hydroxylation is 1. The number of aromatic nitrogens is 1. The number of carbonyl (C=O) groups is 1. The third-order valence-corrected chi connectivity index (χ3v) is 4.31. The second-order valence-electron chi connectivity index (χ2n) is 5.52.